The summed E-state index contributed by atoms with van der Waals surface area (Å²) in [5.74, 6) is 0. The highest BCUT2D eigenvalue weighted by Crippen LogP contribution is 2.20. The summed E-state index contributed by atoms with van der Waals surface area (Å²) in [5, 5.41) is 10.1. The lowest BCUT2D eigenvalue weighted by molar-refractivity contribution is 0.170. The van der Waals surface area contributed by atoms with Crippen molar-refractivity contribution in [1.82, 2.24) is 4.57 Å². The van der Waals surface area contributed by atoms with Crippen LogP contribution in [0.15, 0.2) is 12.3 Å². The van der Waals surface area contributed by atoms with Gasteiger partial charge in [-0.05, 0) is 24.6 Å². The summed E-state index contributed by atoms with van der Waals surface area (Å²) >= 11 is 5.79. The molecule has 12 heavy (non-hydrogen) atoms. The summed E-state index contributed by atoms with van der Waals surface area (Å²) in [7, 11) is 1.83. The molecule has 0 spiro atoms. The van der Waals surface area contributed by atoms with E-state index in [4.69, 9.17) is 17.3 Å². The van der Waals surface area contributed by atoms with Crippen LogP contribution in [0.1, 0.15) is 18.1 Å². The molecule has 4 heteroatoms. The fourth-order valence-electron chi connectivity index (χ4n) is 1.07. The second-order valence-corrected chi connectivity index (χ2v) is 3.19. The summed E-state index contributed by atoms with van der Waals surface area (Å²) in [6, 6.07) is 1.75. The summed E-state index contributed by atoms with van der Waals surface area (Å²) in [4.78, 5) is 0. The van der Waals surface area contributed by atoms with E-state index in [9.17, 15) is 5.11 Å². The zero-order valence-electron chi connectivity index (χ0n) is 7.00. The lowest BCUT2D eigenvalue weighted by atomic mass is 10.1. The number of aromatic nitrogens is 1. The first-order valence-electron chi connectivity index (χ1n) is 3.85. The predicted molar refractivity (Wildman–Crippen MR) is 49.1 cm³/mol. The molecule has 0 aromatic carbocycles. The van der Waals surface area contributed by atoms with Crippen molar-refractivity contribution in [2.45, 2.75) is 12.5 Å². The van der Waals surface area contributed by atoms with Gasteiger partial charge in [0.05, 0.1) is 6.10 Å². The van der Waals surface area contributed by atoms with Crippen molar-refractivity contribution in [1.29, 1.82) is 0 Å². The minimum atomic E-state index is -0.492. The van der Waals surface area contributed by atoms with E-state index in [-0.39, 0.29) is 0 Å². The Kier molecular flexibility index (Phi) is 3.14. The molecule has 1 unspecified atom stereocenters. The van der Waals surface area contributed by atoms with Crippen LogP contribution >= 0.6 is 11.6 Å². The van der Waals surface area contributed by atoms with Crippen LogP contribution in [0.5, 0.6) is 0 Å². The first kappa shape index (κ1) is 9.58. The molecule has 1 atom stereocenters. The summed E-state index contributed by atoms with van der Waals surface area (Å²) in [5.41, 5.74) is 6.14. The van der Waals surface area contributed by atoms with E-state index >= 15 is 0 Å². The van der Waals surface area contributed by atoms with Crippen LogP contribution in [-0.2, 0) is 7.05 Å². The van der Waals surface area contributed by atoms with Gasteiger partial charge in [0.25, 0.3) is 0 Å². The van der Waals surface area contributed by atoms with Gasteiger partial charge in [-0.25, -0.2) is 0 Å². The Hall–Kier alpha value is -0.510. The smallest absolute Gasteiger partial charge is 0.108 e. The Morgan fingerprint density at radius 1 is 1.75 bits per heavy atom. The van der Waals surface area contributed by atoms with Crippen molar-refractivity contribution < 1.29 is 5.11 Å². The Morgan fingerprint density at radius 2 is 2.42 bits per heavy atom. The minimum absolute atomic E-state index is 0.480. The zero-order chi connectivity index (χ0) is 9.14. The summed E-state index contributed by atoms with van der Waals surface area (Å²) in [6.07, 6.45) is 1.89. The van der Waals surface area contributed by atoms with Crippen molar-refractivity contribution in [2.75, 3.05) is 6.54 Å². The monoisotopic (exact) mass is 188 g/mol. The number of aryl methyl sites for hydroxylation is 1. The molecule has 0 aliphatic rings. The Bertz CT molecular complexity index is 240. The van der Waals surface area contributed by atoms with Crippen molar-refractivity contribution in [3.8, 4) is 0 Å². The molecule has 0 saturated carbocycles. The first-order valence-corrected chi connectivity index (χ1v) is 4.23. The number of halogens is 1. The number of rotatable bonds is 3. The Labute approximate surface area is 76.7 Å². The zero-order valence-corrected chi connectivity index (χ0v) is 7.75. The topological polar surface area (TPSA) is 51.2 Å². The molecule has 0 saturated heterocycles. The van der Waals surface area contributed by atoms with E-state index < -0.39 is 6.10 Å². The van der Waals surface area contributed by atoms with Gasteiger partial charge in [0, 0.05) is 13.2 Å². The van der Waals surface area contributed by atoms with Gasteiger partial charge in [0.15, 0.2) is 0 Å². The van der Waals surface area contributed by atoms with Crippen molar-refractivity contribution in [3.63, 3.8) is 0 Å². The molecule has 0 fully saturated rings. The van der Waals surface area contributed by atoms with Gasteiger partial charge in [0.1, 0.15) is 5.15 Å². The number of nitrogens with two attached hydrogens (primary N) is 1. The summed E-state index contributed by atoms with van der Waals surface area (Å²) in [6.45, 7) is 0.480. The number of nitrogens with zero attached hydrogens (tertiary/aromatic N) is 1. The average Bonchev–Trinajstić information content (AvgIpc) is 2.33. The molecule has 1 heterocycles. The largest absolute Gasteiger partial charge is 0.388 e. The second kappa shape index (κ2) is 3.94. The molecule has 1 aromatic heterocycles. The third kappa shape index (κ3) is 2.00. The number of hydrogen-bond donors (Lipinski definition) is 2. The first-order chi connectivity index (χ1) is 5.65. The maximum Gasteiger partial charge on any atom is 0.108 e. The highest BCUT2D eigenvalue weighted by molar-refractivity contribution is 6.29. The Balaban J connectivity index is 2.74. The molecule has 0 bridgehead atoms. The van der Waals surface area contributed by atoms with Crippen molar-refractivity contribution >= 4 is 11.6 Å². The molecular formula is C8H13ClN2O. The minimum Gasteiger partial charge on any atom is -0.388 e. The van der Waals surface area contributed by atoms with E-state index in [2.05, 4.69) is 0 Å². The van der Waals surface area contributed by atoms with Gasteiger partial charge in [-0.2, -0.15) is 0 Å². The van der Waals surface area contributed by atoms with Crippen LogP contribution in [-0.4, -0.2) is 16.2 Å². The van der Waals surface area contributed by atoms with Crippen LogP contribution in [0.3, 0.4) is 0 Å². The van der Waals surface area contributed by atoms with E-state index in [1.165, 1.54) is 0 Å². The van der Waals surface area contributed by atoms with Crippen LogP contribution in [0.4, 0.5) is 0 Å². The number of aliphatic hydroxyl groups excluding tert-OH is 1. The highest BCUT2D eigenvalue weighted by atomic mass is 35.5. The third-order valence-electron chi connectivity index (χ3n) is 1.79. The van der Waals surface area contributed by atoms with Crippen LogP contribution in [0.25, 0.3) is 0 Å². The van der Waals surface area contributed by atoms with E-state index in [1.807, 2.05) is 13.2 Å². The standard InChI is InChI=1S/C8H13ClN2O/c1-11-5-6(4-8(11)9)7(12)2-3-10/h4-5,7,12H,2-3,10H2,1H3. The van der Waals surface area contributed by atoms with E-state index in [0.29, 0.717) is 18.1 Å². The third-order valence-corrected chi connectivity index (χ3v) is 2.17. The van der Waals surface area contributed by atoms with Gasteiger partial charge < -0.3 is 15.4 Å². The van der Waals surface area contributed by atoms with Gasteiger partial charge >= 0.3 is 0 Å². The normalized spacial score (nSPS) is 13.3. The fraction of sp³-hybridized carbons (Fsp3) is 0.500. The molecule has 0 amide bonds. The maximum absolute atomic E-state index is 9.51. The molecule has 0 aliphatic heterocycles. The molecule has 1 rings (SSSR count). The van der Waals surface area contributed by atoms with E-state index in [1.54, 1.807) is 10.6 Å². The molecule has 0 radical (unpaired) electrons. The lowest BCUT2D eigenvalue weighted by Crippen LogP contribution is -2.05. The quantitative estimate of drug-likeness (QED) is 0.746. The van der Waals surface area contributed by atoms with Crippen molar-refractivity contribution in [2.24, 2.45) is 12.8 Å². The van der Waals surface area contributed by atoms with Gasteiger partial charge in [-0.15, -0.1) is 0 Å². The lowest BCUT2D eigenvalue weighted by Gasteiger charge is -2.05. The molecule has 1 aromatic rings. The van der Waals surface area contributed by atoms with Crippen molar-refractivity contribution in [3.05, 3.63) is 23.0 Å². The highest BCUT2D eigenvalue weighted by Gasteiger charge is 2.09. The van der Waals surface area contributed by atoms with Crippen LogP contribution < -0.4 is 5.73 Å². The average molecular weight is 189 g/mol. The van der Waals surface area contributed by atoms with Crippen LogP contribution in [0.2, 0.25) is 5.15 Å². The number of aliphatic hydroxyl groups is 1. The molecule has 3 N–H and O–H groups in total. The molecular weight excluding hydrogens is 176 g/mol. The Morgan fingerprint density at radius 3 is 2.83 bits per heavy atom. The maximum atomic E-state index is 9.51. The van der Waals surface area contributed by atoms with Gasteiger partial charge in [-0.1, -0.05) is 11.6 Å². The SMILES string of the molecule is Cn1cc(C(O)CCN)cc1Cl. The van der Waals surface area contributed by atoms with Gasteiger partial charge in [-0.3, -0.25) is 0 Å². The van der Waals surface area contributed by atoms with Crippen LogP contribution in [0, 0.1) is 0 Å². The van der Waals surface area contributed by atoms with Gasteiger partial charge in [0.2, 0.25) is 0 Å². The number of hydrogen-bond acceptors (Lipinski definition) is 2. The molecule has 68 valence electrons. The molecule has 0 aliphatic carbocycles. The van der Waals surface area contributed by atoms with E-state index in [0.717, 1.165) is 5.56 Å². The predicted octanol–water partition coefficient (Wildman–Crippen LogP) is 1.06. The fourth-order valence-corrected chi connectivity index (χ4v) is 1.24. The molecule has 3 nitrogen and oxygen atoms in total. The second-order valence-electron chi connectivity index (χ2n) is 2.80. The summed E-state index contributed by atoms with van der Waals surface area (Å²) < 4.78 is 1.76.